The lowest BCUT2D eigenvalue weighted by molar-refractivity contribution is -0.142. The van der Waals surface area contributed by atoms with Crippen LogP contribution in [0.3, 0.4) is 0 Å². The molecule has 0 radical (unpaired) electrons. The normalized spacial score (nSPS) is 11.8. The first kappa shape index (κ1) is 16.4. The minimum atomic E-state index is -4.61. The second-order valence-electron chi connectivity index (χ2n) is 5.06. The monoisotopic (exact) mass is 354 g/mol. The molecule has 9 heteroatoms. The van der Waals surface area contributed by atoms with Crippen LogP contribution in [0.4, 0.5) is 13.2 Å². The number of alkyl halides is 3. The van der Waals surface area contributed by atoms with E-state index < -0.39 is 17.8 Å². The van der Waals surface area contributed by atoms with Crippen LogP contribution in [0.5, 0.6) is 0 Å². The number of nitrogens with zero attached hydrogens (tertiary/aromatic N) is 3. The Hall–Kier alpha value is -2.42. The zero-order valence-electron chi connectivity index (χ0n) is 12.6. The van der Waals surface area contributed by atoms with Crippen LogP contribution in [0.15, 0.2) is 29.6 Å². The molecule has 0 aliphatic rings. The number of amides is 1. The third-order valence-electron chi connectivity index (χ3n) is 3.26. The van der Waals surface area contributed by atoms with Gasteiger partial charge in [-0.1, -0.05) is 13.0 Å². The number of rotatable bonds is 4. The Balaban J connectivity index is 2.14. The Bertz CT molecular complexity index is 871. The Labute approximate surface area is 139 Å². The summed E-state index contributed by atoms with van der Waals surface area (Å²) in [6.07, 6.45) is -3.90. The molecule has 24 heavy (non-hydrogen) atoms. The van der Waals surface area contributed by atoms with Crippen LogP contribution in [0.1, 0.15) is 29.5 Å². The second kappa shape index (κ2) is 6.23. The predicted octanol–water partition coefficient (Wildman–Crippen LogP) is 3.62. The maximum absolute atomic E-state index is 13.4. The van der Waals surface area contributed by atoms with E-state index in [2.05, 4.69) is 15.4 Å². The zero-order valence-corrected chi connectivity index (χ0v) is 13.4. The molecule has 0 atom stereocenters. The molecule has 0 saturated carbocycles. The summed E-state index contributed by atoms with van der Waals surface area (Å²) in [6.45, 7) is 2.30. The summed E-state index contributed by atoms with van der Waals surface area (Å²) in [4.78, 5) is 16.8. The number of carbonyl (C=O) groups excluding carboxylic acids is 1. The Morgan fingerprint density at radius 3 is 2.79 bits per heavy atom. The average Bonchev–Trinajstić information content (AvgIpc) is 3.19. The van der Waals surface area contributed by atoms with Crippen molar-refractivity contribution in [3.05, 3.63) is 41.0 Å². The summed E-state index contributed by atoms with van der Waals surface area (Å²) in [5.74, 6) is -0.520. The highest BCUT2D eigenvalue weighted by Crippen LogP contribution is 2.33. The molecule has 0 aliphatic heterocycles. The van der Waals surface area contributed by atoms with Gasteiger partial charge in [-0.2, -0.15) is 18.3 Å². The lowest BCUT2D eigenvalue weighted by Crippen LogP contribution is -2.24. The summed E-state index contributed by atoms with van der Waals surface area (Å²) in [6, 6.07) is 5.63. The third kappa shape index (κ3) is 3.12. The number of halogens is 3. The van der Waals surface area contributed by atoms with Gasteiger partial charge in [0, 0.05) is 12.6 Å². The molecule has 0 unspecified atom stereocenters. The van der Waals surface area contributed by atoms with Crippen molar-refractivity contribution in [1.29, 1.82) is 0 Å². The number of hydrogen-bond acceptors (Lipinski definition) is 4. The van der Waals surface area contributed by atoms with Crippen molar-refractivity contribution in [2.75, 3.05) is 6.54 Å². The minimum Gasteiger partial charge on any atom is -0.351 e. The lowest BCUT2D eigenvalue weighted by Gasteiger charge is -2.10. The molecule has 1 amide bonds. The van der Waals surface area contributed by atoms with Crippen LogP contribution in [0.25, 0.3) is 16.2 Å². The van der Waals surface area contributed by atoms with Crippen LogP contribution in [0.2, 0.25) is 0 Å². The molecule has 3 rings (SSSR count). The van der Waals surface area contributed by atoms with Crippen molar-refractivity contribution < 1.29 is 18.0 Å². The van der Waals surface area contributed by atoms with Crippen molar-refractivity contribution in [3.8, 4) is 10.6 Å². The standard InChI is InChI=1S/C15H13F3N4OS/c1-2-5-19-14(23)10-8-13-20-9(11-4-3-6-24-11)7-12(15(16,17)18)22(13)21-10/h3-4,6-8H,2,5H2,1H3,(H,19,23). The number of fused-ring (bicyclic) bond motifs is 1. The van der Waals surface area contributed by atoms with Crippen LogP contribution in [-0.2, 0) is 6.18 Å². The van der Waals surface area contributed by atoms with E-state index in [1.807, 2.05) is 6.92 Å². The van der Waals surface area contributed by atoms with Crippen molar-refractivity contribution in [2.45, 2.75) is 19.5 Å². The molecule has 1 N–H and O–H groups in total. The summed E-state index contributed by atoms with van der Waals surface area (Å²) < 4.78 is 40.8. The second-order valence-corrected chi connectivity index (χ2v) is 6.00. The minimum absolute atomic E-state index is 0.0186. The van der Waals surface area contributed by atoms with Crippen molar-refractivity contribution in [2.24, 2.45) is 0 Å². The van der Waals surface area contributed by atoms with Gasteiger partial charge in [-0.25, -0.2) is 9.50 Å². The largest absolute Gasteiger partial charge is 0.433 e. The van der Waals surface area contributed by atoms with Gasteiger partial charge >= 0.3 is 6.18 Å². The van der Waals surface area contributed by atoms with Crippen molar-refractivity contribution in [1.82, 2.24) is 19.9 Å². The lowest BCUT2D eigenvalue weighted by atomic mass is 10.2. The van der Waals surface area contributed by atoms with Crippen LogP contribution < -0.4 is 5.32 Å². The van der Waals surface area contributed by atoms with Gasteiger partial charge in [0.05, 0.1) is 10.6 Å². The number of nitrogens with one attached hydrogen (secondary N) is 1. The molecular weight excluding hydrogens is 341 g/mol. The molecule has 3 aromatic heterocycles. The smallest absolute Gasteiger partial charge is 0.351 e. The maximum atomic E-state index is 13.4. The van der Waals surface area contributed by atoms with Gasteiger partial charge in [-0.05, 0) is 23.9 Å². The molecule has 0 saturated heterocycles. The van der Waals surface area contributed by atoms with E-state index >= 15 is 0 Å². The van der Waals surface area contributed by atoms with E-state index in [0.29, 0.717) is 22.4 Å². The highest BCUT2D eigenvalue weighted by atomic mass is 32.1. The summed E-state index contributed by atoms with van der Waals surface area (Å²) in [5, 5.41) is 8.13. The van der Waals surface area contributed by atoms with E-state index in [0.717, 1.165) is 6.07 Å². The van der Waals surface area contributed by atoms with Gasteiger partial charge in [-0.3, -0.25) is 4.79 Å². The van der Waals surface area contributed by atoms with E-state index in [-0.39, 0.29) is 17.0 Å². The first-order chi connectivity index (χ1) is 11.4. The van der Waals surface area contributed by atoms with E-state index in [1.54, 1.807) is 17.5 Å². The highest BCUT2D eigenvalue weighted by Gasteiger charge is 2.35. The maximum Gasteiger partial charge on any atom is 0.433 e. The van der Waals surface area contributed by atoms with Crippen LogP contribution >= 0.6 is 11.3 Å². The van der Waals surface area contributed by atoms with Crippen molar-refractivity contribution >= 4 is 22.9 Å². The van der Waals surface area contributed by atoms with Crippen LogP contribution in [-0.4, -0.2) is 27.0 Å². The zero-order chi connectivity index (χ0) is 17.3. The average molecular weight is 354 g/mol. The van der Waals surface area contributed by atoms with Crippen LogP contribution in [0, 0.1) is 0 Å². The number of hydrogen-bond donors (Lipinski definition) is 1. The molecule has 0 aromatic carbocycles. The summed E-state index contributed by atoms with van der Waals surface area (Å²) in [5.41, 5.74) is -0.879. The molecule has 126 valence electrons. The molecule has 3 aromatic rings. The highest BCUT2D eigenvalue weighted by molar-refractivity contribution is 7.13. The Morgan fingerprint density at radius 2 is 2.17 bits per heavy atom. The van der Waals surface area contributed by atoms with E-state index in [1.165, 1.54) is 17.4 Å². The number of aromatic nitrogens is 3. The first-order valence-corrected chi connectivity index (χ1v) is 8.08. The molecule has 0 aliphatic carbocycles. The molecule has 5 nitrogen and oxygen atoms in total. The fourth-order valence-corrected chi connectivity index (χ4v) is 2.85. The fraction of sp³-hybridized carbons (Fsp3) is 0.267. The fourth-order valence-electron chi connectivity index (χ4n) is 2.17. The molecule has 3 heterocycles. The molecular formula is C15H13F3N4OS. The Morgan fingerprint density at radius 1 is 1.38 bits per heavy atom. The van der Waals surface area contributed by atoms with Gasteiger partial charge in [0.1, 0.15) is 0 Å². The molecule has 0 fully saturated rings. The number of thiophene rings is 1. The molecule has 0 spiro atoms. The van der Waals surface area contributed by atoms with E-state index in [4.69, 9.17) is 0 Å². The van der Waals surface area contributed by atoms with Gasteiger partial charge in [0.25, 0.3) is 5.91 Å². The summed E-state index contributed by atoms with van der Waals surface area (Å²) in [7, 11) is 0. The van der Waals surface area contributed by atoms with E-state index in [9.17, 15) is 18.0 Å². The quantitative estimate of drug-likeness (QED) is 0.779. The van der Waals surface area contributed by atoms with Gasteiger partial charge in [0.2, 0.25) is 0 Å². The number of carbonyl (C=O) groups is 1. The summed E-state index contributed by atoms with van der Waals surface area (Å²) >= 11 is 1.29. The van der Waals surface area contributed by atoms with Crippen molar-refractivity contribution in [3.63, 3.8) is 0 Å². The first-order valence-electron chi connectivity index (χ1n) is 7.20. The third-order valence-corrected chi connectivity index (χ3v) is 4.15. The van der Waals surface area contributed by atoms with Gasteiger partial charge in [0.15, 0.2) is 17.0 Å². The van der Waals surface area contributed by atoms with Gasteiger partial charge in [-0.15, -0.1) is 11.3 Å². The topological polar surface area (TPSA) is 59.3 Å². The predicted molar refractivity (Wildman–Crippen MR) is 83.9 cm³/mol. The SMILES string of the molecule is CCCNC(=O)c1cc2nc(-c3cccs3)cc(C(F)(F)F)n2n1. The Kier molecular flexibility index (Phi) is 4.27. The molecule has 0 bridgehead atoms. The van der Waals surface area contributed by atoms with Gasteiger partial charge < -0.3 is 5.32 Å².